The monoisotopic (exact) mass is 274 g/mol. The highest BCUT2D eigenvalue weighted by Gasteiger charge is 2.23. The molecule has 0 radical (unpaired) electrons. The third-order valence-electron chi connectivity index (χ3n) is 3.94. The number of rotatable bonds is 2. The summed E-state index contributed by atoms with van der Waals surface area (Å²) in [6, 6.07) is 10.7. The first-order valence-corrected chi connectivity index (χ1v) is 7.45. The fourth-order valence-electron chi connectivity index (χ4n) is 2.86. The van der Waals surface area contributed by atoms with Crippen LogP contribution < -0.4 is 5.32 Å². The van der Waals surface area contributed by atoms with Crippen LogP contribution >= 0.6 is 11.6 Å². The predicted octanol–water partition coefficient (Wildman–Crippen LogP) is 4.51. The van der Waals surface area contributed by atoms with Gasteiger partial charge in [0, 0.05) is 11.4 Å². The first-order chi connectivity index (χ1) is 9.24. The number of nitrogens with zero attached hydrogens (tertiary/aromatic N) is 1. The lowest BCUT2D eigenvalue weighted by molar-refractivity contribution is 0.469. The Morgan fingerprint density at radius 2 is 2.00 bits per heavy atom. The van der Waals surface area contributed by atoms with Crippen molar-refractivity contribution in [3.63, 3.8) is 0 Å². The maximum atomic E-state index is 6.40. The fourth-order valence-corrected chi connectivity index (χ4v) is 3.20. The van der Waals surface area contributed by atoms with Gasteiger partial charge < -0.3 is 5.32 Å². The number of fused-ring (bicyclic) bond motifs is 1. The van der Waals surface area contributed by atoms with E-state index in [4.69, 9.17) is 16.6 Å². The number of nitrogens with one attached hydrogen (secondary N) is 1. The van der Waals surface area contributed by atoms with Crippen molar-refractivity contribution in [1.29, 1.82) is 0 Å². The highest BCUT2D eigenvalue weighted by atomic mass is 35.5. The van der Waals surface area contributed by atoms with E-state index in [-0.39, 0.29) is 5.38 Å². The van der Waals surface area contributed by atoms with Crippen LogP contribution in [0.3, 0.4) is 0 Å². The number of hydrogen-bond donors (Lipinski definition) is 1. The molecule has 0 spiro atoms. The second kappa shape index (κ2) is 5.38. The first kappa shape index (κ1) is 12.7. The van der Waals surface area contributed by atoms with Crippen LogP contribution in [0.5, 0.6) is 0 Å². The fraction of sp³-hybridized carbons (Fsp3) is 0.438. The summed E-state index contributed by atoms with van der Waals surface area (Å²) in [5.74, 6) is 0.953. The summed E-state index contributed by atoms with van der Waals surface area (Å²) < 4.78 is 0. The van der Waals surface area contributed by atoms with Crippen LogP contribution in [0, 0.1) is 6.92 Å². The minimum atomic E-state index is 0.224. The van der Waals surface area contributed by atoms with E-state index >= 15 is 0 Å². The Kier molecular flexibility index (Phi) is 3.61. The van der Waals surface area contributed by atoms with Gasteiger partial charge in [0.2, 0.25) is 0 Å². The van der Waals surface area contributed by atoms with Crippen molar-refractivity contribution >= 4 is 28.3 Å². The maximum Gasteiger partial charge on any atom is 0.127 e. The van der Waals surface area contributed by atoms with Crippen molar-refractivity contribution in [2.75, 3.05) is 5.32 Å². The Morgan fingerprint density at radius 1 is 1.21 bits per heavy atom. The summed E-state index contributed by atoms with van der Waals surface area (Å²) in [4.78, 5) is 4.69. The van der Waals surface area contributed by atoms with Gasteiger partial charge in [-0.05, 0) is 37.5 Å². The topological polar surface area (TPSA) is 24.9 Å². The number of aryl methyl sites for hydroxylation is 1. The maximum absolute atomic E-state index is 6.40. The van der Waals surface area contributed by atoms with E-state index in [0.717, 1.165) is 24.2 Å². The van der Waals surface area contributed by atoms with Crippen LogP contribution in [0.25, 0.3) is 10.9 Å². The normalized spacial score (nSPS) is 23.5. The largest absolute Gasteiger partial charge is 0.366 e. The second-order valence-corrected chi connectivity index (χ2v) is 5.95. The van der Waals surface area contributed by atoms with Gasteiger partial charge in [0.15, 0.2) is 0 Å². The van der Waals surface area contributed by atoms with E-state index in [2.05, 4.69) is 36.5 Å². The van der Waals surface area contributed by atoms with Gasteiger partial charge in [-0.3, -0.25) is 0 Å². The van der Waals surface area contributed by atoms with E-state index in [1.54, 1.807) is 0 Å². The Hall–Kier alpha value is -1.28. The molecule has 0 aliphatic heterocycles. The van der Waals surface area contributed by atoms with Crippen LogP contribution in [0.2, 0.25) is 0 Å². The summed E-state index contributed by atoms with van der Waals surface area (Å²) in [5.41, 5.74) is 2.31. The first-order valence-electron chi connectivity index (χ1n) is 7.01. The predicted molar refractivity (Wildman–Crippen MR) is 82.0 cm³/mol. The summed E-state index contributed by atoms with van der Waals surface area (Å²) in [6.07, 6.45) is 4.75. The Bertz CT molecular complexity index is 582. The lowest BCUT2D eigenvalue weighted by Crippen LogP contribution is -2.33. The highest BCUT2D eigenvalue weighted by molar-refractivity contribution is 6.21. The molecular weight excluding hydrogens is 256 g/mol. The minimum Gasteiger partial charge on any atom is -0.366 e. The zero-order valence-electron chi connectivity index (χ0n) is 11.2. The molecule has 1 aliphatic carbocycles. The zero-order valence-corrected chi connectivity index (χ0v) is 12.0. The number of alkyl halides is 1. The lowest BCUT2D eigenvalue weighted by atomic mass is 9.95. The van der Waals surface area contributed by atoms with Crippen LogP contribution in [-0.2, 0) is 0 Å². The molecule has 0 bridgehead atoms. The molecule has 2 unspecified atom stereocenters. The van der Waals surface area contributed by atoms with Crippen molar-refractivity contribution in [2.24, 2.45) is 0 Å². The molecule has 3 rings (SSSR count). The van der Waals surface area contributed by atoms with Crippen LogP contribution in [-0.4, -0.2) is 16.4 Å². The SMILES string of the molecule is Cc1cc(NC2CCCCC2Cl)nc2ccccc12. The molecule has 1 fully saturated rings. The van der Waals surface area contributed by atoms with Crippen LogP contribution in [0.1, 0.15) is 31.2 Å². The summed E-state index contributed by atoms with van der Waals surface area (Å²) in [5, 5.41) is 4.97. The Morgan fingerprint density at radius 3 is 2.84 bits per heavy atom. The van der Waals surface area contributed by atoms with Crippen LogP contribution in [0.15, 0.2) is 30.3 Å². The minimum absolute atomic E-state index is 0.224. The third-order valence-corrected chi connectivity index (χ3v) is 4.46. The average molecular weight is 275 g/mol. The van der Waals surface area contributed by atoms with Gasteiger partial charge in [0.25, 0.3) is 0 Å². The van der Waals surface area contributed by atoms with Gasteiger partial charge in [-0.1, -0.05) is 31.0 Å². The molecule has 1 aliphatic rings. The molecule has 1 N–H and O–H groups in total. The Labute approximate surface area is 119 Å². The molecule has 2 nitrogen and oxygen atoms in total. The van der Waals surface area contributed by atoms with Crippen molar-refractivity contribution in [2.45, 2.75) is 44.0 Å². The van der Waals surface area contributed by atoms with Crippen LogP contribution in [0.4, 0.5) is 5.82 Å². The smallest absolute Gasteiger partial charge is 0.127 e. The molecule has 1 aromatic carbocycles. The van der Waals surface area contributed by atoms with E-state index in [1.807, 2.05) is 6.07 Å². The molecular formula is C16H19ClN2. The van der Waals surface area contributed by atoms with Crippen molar-refractivity contribution < 1.29 is 0 Å². The summed E-state index contributed by atoms with van der Waals surface area (Å²) in [6.45, 7) is 2.13. The van der Waals surface area contributed by atoms with Crippen molar-refractivity contribution in [3.05, 3.63) is 35.9 Å². The van der Waals surface area contributed by atoms with Gasteiger partial charge in [0.1, 0.15) is 5.82 Å². The summed E-state index contributed by atoms with van der Waals surface area (Å²) >= 11 is 6.40. The Balaban J connectivity index is 1.88. The molecule has 0 saturated heterocycles. The van der Waals surface area contributed by atoms with E-state index in [0.29, 0.717) is 6.04 Å². The molecule has 19 heavy (non-hydrogen) atoms. The highest BCUT2D eigenvalue weighted by Crippen LogP contribution is 2.27. The summed E-state index contributed by atoms with van der Waals surface area (Å²) in [7, 11) is 0. The number of pyridine rings is 1. The van der Waals surface area contributed by atoms with Crippen molar-refractivity contribution in [3.8, 4) is 0 Å². The van der Waals surface area contributed by atoms with Gasteiger partial charge in [0.05, 0.1) is 10.9 Å². The number of aromatic nitrogens is 1. The molecule has 2 atom stereocenters. The quantitative estimate of drug-likeness (QED) is 0.816. The number of halogens is 1. The average Bonchev–Trinajstić information content (AvgIpc) is 2.42. The molecule has 0 amide bonds. The standard InChI is InChI=1S/C16H19ClN2/c1-11-10-16(18-14-8-4-2-6-12(11)14)19-15-9-5-3-7-13(15)17/h2,4,6,8,10,13,15H,3,5,7,9H2,1H3,(H,18,19). The lowest BCUT2D eigenvalue weighted by Gasteiger charge is -2.28. The number of anilines is 1. The molecule has 1 saturated carbocycles. The van der Waals surface area contributed by atoms with Gasteiger partial charge in [-0.15, -0.1) is 11.6 Å². The van der Waals surface area contributed by atoms with E-state index in [9.17, 15) is 0 Å². The number of para-hydroxylation sites is 1. The van der Waals surface area contributed by atoms with Gasteiger partial charge in [-0.2, -0.15) is 0 Å². The molecule has 2 aromatic rings. The number of hydrogen-bond acceptors (Lipinski definition) is 2. The van der Waals surface area contributed by atoms with Gasteiger partial charge >= 0.3 is 0 Å². The zero-order chi connectivity index (χ0) is 13.2. The molecule has 1 aromatic heterocycles. The van der Waals surface area contributed by atoms with E-state index in [1.165, 1.54) is 23.8 Å². The molecule has 3 heteroatoms. The third kappa shape index (κ3) is 2.69. The molecule has 100 valence electrons. The van der Waals surface area contributed by atoms with Gasteiger partial charge in [-0.25, -0.2) is 4.98 Å². The van der Waals surface area contributed by atoms with Crippen molar-refractivity contribution in [1.82, 2.24) is 4.98 Å². The van der Waals surface area contributed by atoms with E-state index < -0.39 is 0 Å². The molecule has 1 heterocycles. The second-order valence-electron chi connectivity index (χ2n) is 5.39. The number of benzene rings is 1.